The summed E-state index contributed by atoms with van der Waals surface area (Å²) in [6.45, 7) is 2.44. The summed E-state index contributed by atoms with van der Waals surface area (Å²) in [6, 6.07) is 10.3. The molecule has 2 rings (SSSR count). The molecule has 122 valence electrons. The predicted octanol–water partition coefficient (Wildman–Crippen LogP) is 3.57. The van der Waals surface area contributed by atoms with Crippen molar-refractivity contribution >= 4 is 29.1 Å². The molecule has 5 nitrogen and oxygen atoms in total. The summed E-state index contributed by atoms with van der Waals surface area (Å²) in [5.74, 6) is 5.39. The van der Waals surface area contributed by atoms with E-state index in [9.17, 15) is 4.79 Å². The number of hydrogen-bond donors (Lipinski definition) is 2. The van der Waals surface area contributed by atoms with Gasteiger partial charge in [-0.15, -0.1) is 0 Å². The topological polar surface area (TPSA) is 73.6 Å². The molecular formula is C16H16Cl2N2O3. The zero-order chi connectivity index (χ0) is 16.8. The summed E-state index contributed by atoms with van der Waals surface area (Å²) >= 11 is 12.3. The number of benzene rings is 2. The Bertz CT molecular complexity index is 708. The normalized spacial score (nSPS) is 10.3. The number of carbonyl (C=O) groups is 1. The fraction of sp³-hybridized carbons (Fsp3) is 0.188. The Labute approximate surface area is 144 Å². The lowest BCUT2D eigenvalue weighted by molar-refractivity contribution is 0.0953. The first-order chi connectivity index (χ1) is 11.1. The van der Waals surface area contributed by atoms with Crippen molar-refractivity contribution in [2.24, 2.45) is 5.84 Å². The molecule has 2 aromatic carbocycles. The smallest absolute Gasteiger partial charge is 0.265 e. The first kappa shape index (κ1) is 17.4. The average Bonchev–Trinajstić information content (AvgIpc) is 2.55. The molecule has 2 aromatic rings. The van der Waals surface area contributed by atoms with Crippen LogP contribution in [-0.2, 0) is 6.61 Å². The van der Waals surface area contributed by atoms with Crippen molar-refractivity contribution in [2.75, 3.05) is 6.61 Å². The number of halogens is 2. The van der Waals surface area contributed by atoms with E-state index < -0.39 is 5.91 Å². The molecule has 0 heterocycles. The number of ether oxygens (including phenoxy) is 2. The highest BCUT2D eigenvalue weighted by Gasteiger charge is 2.16. The highest BCUT2D eigenvalue weighted by atomic mass is 35.5. The lowest BCUT2D eigenvalue weighted by atomic mass is 10.2. The van der Waals surface area contributed by atoms with Gasteiger partial charge in [0.05, 0.1) is 11.6 Å². The van der Waals surface area contributed by atoms with Crippen LogP contribution in [0.1, 0.15) is 22.8 Å². The summed E-state index contributed by atoms with van der Waals surface area (Å²) in [5.41, 5.74) is 3.15. The molecule has 0 aliphatic rings. The van der Waals surface area contributed by atoms with Gasteiger partial charge in [-0.1, -0.05) is 41.4 Å². The molecule has 0 saturated heterocycles. The molecule has 0 saturated carbocycles. The number of carbonyl (C=O) groups excluding carboxylic acids is 1. The minimum atomic E-state index is -0.467. The Morgan fingerprint density at radius 3 is 2.57 bits per heavy atom. The van der Waals surface area contributed by atoms with Crippen LogP contribution in [0.2, 0.25) is 10.0 Å². The van der Waals surface area contributed by atoms with Gasteiger partial charge in [0.15, 0.2) is 11.5 Å². The van der Waals surface area contributed by atoms with Gasteiger partial charge in [0.25, 0.3) is 5.91 Å². The van der Waals surface area contributed by atoms with Crippen LogP contribution in [-0.4, -0.2) is 12.5 Å². The maximum Gasteiger partial charge on any atom is 0.265 e. The summed E-state index contributed by atoms with van der Waals surface area (Å²) in [5, 5.41) is 0.849. The Morgan fingerprint density at radius 2 is 1.91 bits per heavy atom. The van der Waals surface area contributed by atoms with Crippen LogP contribution in [0.3, 0.4) is 0 Å². The van der Waals surface area contributed by atoms with E-state index >= 15 is 0 Å². The van der Waals surface area contributed by atoms with Gasteiger partial charge in [-0.2, -0.15) is 0 Å². The molecular weight excluding hydrogens is 339 g/mol. The monoisotopic (exact) mass is 354 g/mol. The second kappa shape index (κ2) is 8.06. The predicted molar refractivity (Wildman–Crippen MR) is 90.1 cm³/mol. The molecule has 0 spiro atoms. The SMILES string of the molecule is CCOc1cc(C(=O)NN)cc(Cl)c1OCc1ccccc1Cl. The van der Waals surface area contributed by atoms with Crippen LogP contribution in [0, 0.1) is 0 Å². The van der Waals surface area contributed by atoms with Crippen molar-refractivity contribution < 1.29 is 14.3 Å². The van der Waals surface area contributed by atoms with Gasteiger partial charge in [0.2, 0.25) is 0 Å². The molecule has 0 aliphatic carbocycles. The molecule has 7 heteroatoms. The molecule has 1 amide bonds. The van der Waals surface area contributed by atoms with Crippen molar-refractivity contribution in [2.45, 2.75) is 13.5 Å². The van der Waals surface area contributed by atoms with E-state index in [1.165, 1.54) is 12.1 Å². The molecule has 0 unspecified atom stereocenters. The van der Waals surface area contributed by atoms with Crippen LogP contribution in [0.5, 0.6) is 11.5 Å². The van der Waals surface area contributed by atoms with Gasteiger partial charge in [-0.05, 0) is 25.1 Å². The highest BCUT2D eigenvalue weighted by molar-refractivity contribution is 6.32. The van der Waals surface area contributed by atoms with Crippen LogP contribution in [0.25, 0.3) is 0 Å². The number of rotatable bonds is 6. The lowest BCUT2D eigenvalue weighted by Gasteiger charge is -2.15. The second-order valence-corrected chi connectivity index (χ2v) is 5.39. The molecule has 23 heavy (non-hydrogen) atoms. The maximum atomic E-state index is 11.6. The molecule has 0 radical (unpaired) electrons. The standard InChI is InChI=1S/C16H16Cl2N2O3/c1-2-22-14-8-11(16(21)20-19)7-13(18)15(14)23-9-10-5-3-4-6-12(10)17/h3-8H,2,9,19H2,1H3,(H,20,21). The third kappa shape index (κ3) is 4.28. The van der Waals surface area contributed by atoms with E-state index in [1.54, 1.807) is 6.07 Å². The van der Waals surface area contributed by atoms with Gasteiger partial charge in [-0.3, -0.25) is 10.2 Å². The Kier molecular flexibility index (Phi) is 6.10. The van der Waals surface area contributed by atoms with Gasteiger partial charge in [-0.25, -0.2) is 5.84 Å². The van der Waals surface area contributed by atoms with E-state index in [-0.39, 0.29) is 17.2 Å². The Balaban J connectivity index is 2.29. The first-order valence-corrected chi connectivity index (χ1v) is 7.66. The summed E-state index contributed by atoms with van der Waals surface area (Å²) in [4.78, 5) is 11.6. The van der Waals surface area contributed by atoms with Crippen molar-refractivity contribution in [3.05, 3.63) is 57.6 Å². The van der Waals surface area contributed by atoms with Crippen LogP contribution in [0.4, 0.5) is 0 Å². The number of hydrazine groups is 1. The quantitative estimate of drug-likeness (QED) is 0.472. The molecule has 0 atom stereocenters. The largest absolute Gasteiger partial charge is 0.490 e. The number of nitrogen functional groups attached to an aromatic ring is 1. The van der Waals surface area contributed by atoms with E-state index in [4.69, 9.17) is 38.5 Å². The highest BCUT2D eigenvalue weighted by Crippen LogP contribution is 2.37. The fourth-order valence-corrected chi connectivity index (χ4v) is 2.41. The number of amides is 1. The van der Waals surface area contributed by atoms with Crippen LogP contribution < -0.4 is 20.7 Å². The third-order valence-corrected chi connectivity index (χ3v) is 3.68. The van der Waals surface area contributed by atoms with E-state index in [0.29, 0.717) is 23.1 Å². The third-order valence-electron chi connectivity index (χ3n) is 3.03. The Hall–Kier alpha value is -1.95. The molecule has 0 bridgehead atoms. The van der Waals surface area contributed by atoms with Crippen molar-refractivity contribution in [1.82, 2.24) is 5.43 Å². The average molecular weight is 355 g/mol. The fourth-order valence-electron chi connectivity index (χ4n) is 1.95. The lowest BCUT2D eigenvalue weighted by Crippen LogP contribution is -2.30. The van der Waals surface area contributed by atoms with E-state index in [2.05, 4.69) is 5.43 Å². The van der Waals surface area contributed by atoms with Crippen LogP contribution >= 0.6 is 23.2 Å². The zero-order valence-electron chi connectivity index (χ0n) is 12.4. The summed E-state index contributed by atoms with van der Waals surface area (Å²) in [6.07, 6.45) is 0. The van der Waals surface area contributed by atoms with Crippen LogP contribution in [0.15, 0.2) is 36.4 Å². The number of nitrogens with two attached hydrogens (primary N) is 1. The minimum absolute atomic E-state index is 0.224. The van der Waals surface area contributed by atoms with E-state index in [1.807, 2.05) is 25.1 Å². The van der Waals surface area contributed by atoms with Crippen molar-refractivity contribution in [3.8, 4) is 11.5 Å². The van der Waals surface area contributed by atoms with Gasteiger partial charge < -0.3 is 9.47 Å². The summed E-state index contributed by atoms with van der Waals surface area (Å²) in [7, 11) is 0. The van der Waals surface area contributed by atoms with Gasteiger partial charge in [0, 0.05) is 16.1 Å². The molecule has 0 fully saturated rings. The maximum absolute atomic E-state index is 11.6. The second-order valence-electron chi connectivity index (χ2n) is 4.57. The summed E-state index contributed by atoms with van der Waals surface area (Å²) < 4.78 is 11.3. The number of hydrogen-bond acceptors (Lipinski definition) is 4. The minimum Gasteiger partial charge on any atom is -0.490 e. The van der Waals surface area contributed by atoms with E-state index in [0.717, 1.165) is 5.56 Å². The van der Waals surface area contributed by atoms with Gasteiger partial charge >= 0.3 is 0 Å². The van der Waals surface area contributed by atoms with Crippen molar-refractivity contribution in [3.63, 3.8) is 0 Å². The van der Waals surface area contributed by atoms with Crippen molar-refractivity contribution in [1.29, 1.82) is 0 Å². The molecule has 0 aromatic heterocycles. The first-order valence-electron chi connectivity index (χ1n) is 6.90. The Morgan fingerprint density at radius 1 is 1.17 bits per heavy atom. The van der Waals surface area contributed by atoms with Gasteiger partial charge in [0.1, 0.15) is 6.61 Å². The molecule has 0 aliphatic heterocycles. The zero-order valence-corrected chi connectivity index (χ0v) is 13.9. The number of nitrogens with one attached hydrogen (secondary N) is 1. The molecule has 3 N–H and O–H groups in total.